The van der Waals surface area contributed by atoms with E-state index in [4.69, 9.17) is 5.73 Å². The van der Waals surface area contributed by atoms with E-state index in [1.165, 1.54) is 37.5 Å². The van der Waals surface area contributed by atoms with Crippen LogP contribution in [-0.4, -0.2) is 42.1 Å². The molecule has 1 aromatic rings. The van der Waals surface area contributed by atoms with Crippen molar-refractivity contribution in [2.75, 3.05) is 31.5 Å². The number of amides is 1. The van der Waals surface area contributed by atoms with Crippen LogP contribution in [0.25, 0.3) is 0 Å². The zero-order valence-corrected chi connectivity index (χ0v) is 12.3. The Bertz CT molecular complexity index is 544. The first-order valence-corrected chi connectivity index (χ1v) is 7.28. The van der Waals surface area contributed by atoms with Gasteiger partial charge in [0.1, 0.15) is 11.4 Å². The van der Waals surface area contributed by atoms with Gasteiger partial charge in [0.05, 0.1) is 11.0 Å². The number of benzene rings is 1. The number of ether oxygens (including phenoxy) is 1. The molecule has 1 aliphatic heterocycles. The second-order valence-corrected chi connectivity index (χ2v) is 5.19. The van der Waals surface area contributed by atoms with E-state index in [2.05, 4.69) is 15.0 Å². The second-order valence-electron chi connectivity index (χ2n) is 5.19. The van der Waals surface area contributed by atoms with Crippen molar-refractivity contribution in [1.82, 2.24) is 4.90 Å². The molecule has 8 nitrogen and oxygen atoms in total. The third kappa shape index (κ3) is 4.59. The van der Waals surface area contributed by atoms with Gasteiger partial charge >= 0.3 is 6.09 Å². The van der Waals surface area contributed by atoms with Crippen LogP contribution in [0, 0.1) is 10.1 Å². The van der Waals surface area contributed by atoms with Gasteiger partial charge < -0.3 is 20.7 Å². The Hall–Kier alpha value is -2.35. The normalized spacial score (nSPS) is 15.3. The van der Waals surface area contributed by atoms with E-state index < -0.39 is 11.0 Å². The molecule has 8 heteroatoms. The zero-order valence-electron chi connectivity index (χ0n) is 12.3. The molecule has 1 heterocycles. The van der Waals surface area contributed by atoms with E-state index in [0.717, 1.165) is 19.6 Å². The molecule has 22 heavy (non-hydrogen) atoms. The van der Waals surface area contributed by atoms with Gasteiger partial charge in [-0.3, -0.25) is 10.1 Å². The lowest BCUT2D eigenvalue weighted by Gasteiger charge is -2.26. The number of nitrogens with two attached hydrogens (primary N) is 1. The Kier molecular flexibility index (Phi) is 5.54. The molecule has 0 saturated carbocycles. The molecule has 1 fully saturated rings. The van der Waals surface area contributed by atoms with Crippen LogP contribution in [0.4, 0.5) is 16.2 Å². The summed E-state index contributed by atoms with van der Waals surface area (Å²) in [5.74, 6) is 0.0563. The molecule has 1 aromatic carbocycles. The number of carbonyl (C=O) groups is 1. The second kappa shape index (κ2) is 7.60. The summed E-state index contributed by atoms with van der Waals surface area (Å²) in [7, 11) is 0. The molecule has 1 amide bonds. The highest BCUT2D eigenvalue weighted by Crippen LogP contribution is 2.29. The SMILES string of the molecule is NC(=O)Oc1ccc(NCCN2CCCCC2)c([N+](=O)[O-])c1. The van der Waals surface area contributed by atoms with Crippen molar-refractivity contribution in [3.63, 3.8) is 0 Å². The molecule has 1 saturated heterocycles. The number of nitrogens with one attached hydrogen (secondary N) is 1. The average Bonchev–Trinajstić information content (AvgIpc) is 2.49. The summed E-state index contributed by atoms with van der Waals surface area (Å²) in [6.45, 7) is 3.62. The highest BCUT2D eigenvalue weighted by molar-refractivity contribution is 5.70. The molecule has 3 N–H and O–H groups in total. The molecule has 0 radical (unpaired) electrons. The highest BCUT2D eigenvalue weighted by atomic mass is 16.6. The number of nitro benzene ring substituents is 1. The Morgan fingerprint density at radius 2 is 2.09 bits per heavy atom. The van der Waals surface area contributed by atoms with E-state index in [-0.39, 0.29) is 11.4 Å². The van der Waals surface area contributed by atoms with Gasteiger partial charge in [-0.25, -0.2) is 4.79 Å². The monoisotopic (exact) mass is 308 g/mol. The van der Waals surface area contributed by atoms with Crippen LogP contribution in [0.3, 0.4) is 0 Å². The van der Waals surface area contributed by atoms with Crippen LogP contribution in [0.2, 0.25) is 0 Å². The maximum Gasteiger partial charge on any atom is 0.409 e. The van der Waals surface area contributed by atoms with Gasteiger partial charge in [-0.1, -0.05) is 6.42 Å². The summed E-state index contributed by atoms with van der Waals surface area (Å²) in [5, 5.41) is 14.2. The first-order valence-electron chi connectivity index (χ1n) is 7.28. The van der Waals surface area contributed by atoms with Crippen molar-refractivity contribution in [3.05, 3.63) is 28.3 Å². The highest BCUT2D eigenvalue weighted by Gasteiger charge is 2.16. The molecule has 0 unspecified atom stereocenters. The van der Waals surface area contributed by atoms with Crippen molar-refractivity contribution in [2.24, 2.45) is 5.73 Å². The van der Waals surface area contributed by atoms with Gasteiger partial charge in [-0.2, -0.15) is 0 Å². The van der Waals surface area contributed by atoms with Crippen molar-refractivity contribution >= 4 is 17.5 Å². The number of rotatable bonds is 6. The molecule has 2 rings (SSSR count). The first-order chi connectivity index (χ1) is 10.6. The summed E-state index contributed by atoms with van der Waals surface area (Å²) in [6, 6.07) is 4.18. The van der Waals surface area contributed by atoms with Gasteiger partial charge in [0.25, 0.3) is 5.69 Å². The maximum absolute atomic E-state index is 11.1. The van der Waals surface area contributed by atoms with Crippen LogP contribution >= 0.6 is 0 Å². The predicted octanol–water partition coefficient (Wildman–Crippen LogP) is 1.95. The Morgan fingerprint density at radius 3 is 2.73 bits per heavy atom. The molecule has 120 valence electrons. The fourth-order valence-corrected chi connectivity index (χ4v) is 2.52. The van der Waals surface area contributed by atoms with Gasteiger partial charge in [0, 0.05) is 13.1 Å². The smallest absolute Gasteiger partial charge is 0.409 e. The molecule has 0 bridgehead atoms. The quantitative estimate of drug-likeness (QED) is 0.614. The van der Waals surface area contributed by atoms with Crippen LogP contribution in [0.5, 0.6) is 5.75 Å². The Morgan fingerprint density at radius 1 is 1.36 bits per heavy atom. The summed E-state index contributed by atoms with van der Waals surface area (Å²) in [5.41, 5.74) is 5.16. The maximum atomic E-state index is 11.1. The lowest BCUT2D eigenvalue weighted by atomic mass is 10.1. The lowest BCUT2D eigenvalue weighted by Crippen LogP contribution is -2.33. The van der Waals surface area contributed by atoms with Crippen LogP contribution in [0.1, 0.15) is 19.3 Å². The van der Waals surface area contributed by atoms with Crippen molar-refractivity contribution < 1.29 is 14.5 Å². The lowest BCUT2D eigenvalue weighted by molar-refractivity contribution is -0.384. The average molecular weight is 308 g/mol. The number of piperidine rings is 1. The van der Waals surface area contributed by atoms with E-state index in [9.17, 15) is 14.9 Å². The topological polar surface area (TPSA) is 111 Å². The minimum Gasteiger partial charge on any atom is -0.410 e. The van der Waals surface area contributed by atoms with Crippen LogP contribution in [-0.2, 0) is 0 Å². The number of anilines is 1. The minimum atomic E-state index is -1.000. The summed E-state index contributed by atoms with van der Waals surface area (Å²) in [6.07, 6.45) is 2.69. The fraction of sp³-hybridized carbons (Fsp3) is 0.500. The summed E-state index contributed by atoms with van der Waals surface area (Å²) < 4.78 is 4.66. The van der Waals surface area contributed by atoms with Gasteiger partial charge in [0.15, 0.2) is 0 Å². The third-order valence-corrected chi connectivity index (χ3v) is 3.58. The third-order valence-electron chi connectivity index (χ3n) is 3.58. The number of nitro groups is 1. The van der Waals surface area contributed by atoms with Gasteiger partial charge in [0.2, 0.25) is 0 Å². The summed E-state index contributed by atoms with van der Waals surface area (Å²) >= 11 is 0. The molecule has 0 spiro atoms. The van der Waals surface area contributed by atoms with Crippen molar-refractivity contribution in [3.8, 4) is 5.75 Å². The zero-order chi connectivity index (χ0) is 15.9. The van der Waals surface area contributed by atoms with E-state index >= 15 is 0 Å². The minimum absolute atomic E-state index is 0.0563. The van der Waals surface area contributed by atoms with Gasteiger partial charge in [-0.15, -0.1) is 0 Å². The molecule has 0 aromatic heterocycles. The molecular weight excluding hydrogens is 288 g/mol. The van der Waals surface area contributed by atoms with E-state index in [1.807, 2.05) is 0 Å². The van der Waals surface area contributed by atoms with E-state index in [0.29, 0.717) is 12.2 Å². The number of carbonyl (C=O) groups excluding carboxylic acids is 1. The number of primary amides is 1. The van der Waals surface area contributed by atoms with Gasteiger partial charge in [-0.05, 0) is 38.1 Å². The molecule has 1 aliphatic rings. The largest absolute Gasteiger partial charge is 0.410 e. The number of nitrogens with zero attached hydrogens (tertiary/aromatic N) is 2. The Balaban J connectivity index is 1.96. The predicted molar refractivity (Wildman–Crippen MR) is 82.1 cm³/mol. The Labute approximate surface area is 128 Å². The fourth-order valence-electron chi connectivity index (χ4n) is 2.52. The standard InChI is InChI=1S/C14H20N4O4/c15-14(19)22-11-4-5-12(13(10-11)18(20)21)16-6-9-17-7-2-1-3-8-17/h4-5,10,16H,1-3,6-9H2,(H2,15,19). The summed E-state index contributed by atoms with van der Waals surface area (Å²) in [4.78, 5) is 23.6. The molecule has 0 atom stereocenters. The van der Waals surface area contributed by atoms with E-state index in [1.54, 1.807) is 0 Å². The van der Waals surface area contributed by atoms with Crippen molar-refractivity contribution in [1.29, 1.82) is 0 Å². The first kappa shape index (κ1) is 16.0. The van der Waals surface area contributed by atoms with Crippen LogP contribution in [0.15, 0.2) is 18.2 Å². The van der Waals surface area contributed by atoms with Crippen LogP contribution < -0.4 is 15.8 Å². The number of hydrogen-bond donors (Lipinski definition) is 2. The van der Waals surface area contributed by atoms with Crippen molar-refractivity contribution in [2.45, 2.75) is 19.3 Å². The molecule has 0 aliphatic carbocycles. The molecular formula is C14H20N4O4. The number of hydrogen-bond acceptors (Lipinski definition) is 6. The number of likely N-dealkylation sites (tertiary alicyclic amines) is 1.